The molecule has 0 radical (unpaired) electrons. The Morgan fingerprint density at radius 3 is 1.72 bits per heavy atom. The lowest BCUT2D eigenvalue weighted by atomic mass is 9.66. The van der Waals surface area contributed by atoms with Crippen LogP contribution in [0.4, 0.5) is 0 Å². The summed E-state index contributed by atoms with van der Waals surface area (Å²) in [6.45, 7) is 0. The number of hydrogen-bond donors (Lipinski definition) is 0. The van der Waals surface area contributed by atoms with Crippen molar-refractivity contribution in [3.8, 4) is 62.9 Å². The van der Waals surface area contributed by atoms with E-state index < -0.39 is 5.41 Å². The van der Waals surface area contributed by atoms with Crippen molar-refractivity contribution < 1.29 is 4.74 Å². The van der Waals surface area contributed by atoms with E-state index in [2.05, 4.69) is 78.9 Å². The first-order chi connectivity index (χ1) is 22.8. The summed E-state index contributed by atoms with van der Waals surface area (Å²) in [5.41, 5.74) is 9.26. The van der Waals surface area contributed by atoms with Crippen molar-refractivity contribution >= 4 is 0 Å². The van der Waals surface area contributed by atoms with Crippen molar-refractivity contribution in [1.29, 1.82) is 5.26 Å². The summed E-state index contributed by atoms with van der Waals surface area (Å²) < 4.78 is 6.61. The van der Waals surface area contributed by atoms with E-state index >= 15 is 0 Å². The van der Waals surface area contributed by atoms with E-state index in [-0.39, 0.29) is 0 Å². The van der Waals surface area contributed by atoms with Crippen LogP contribution in [-0.4, -0.2) is 15.0 Å². The topological polar surface area (TPSA) is 71.7 Å². The molecule has 0 amide bonds. The summed E-state index contributed by atoms with van der Waals surface area (Å²) in [7, 11) is 0. The second kappa shape index (κ2) is 10.1. The highest BCUT2D eigenvalue weighted by molar-refractivity contribution is 5.89. The van der Waals surface area contributed by atoms with Crippen LogP contribution in [-0.2, 0) is 5.41 Å². The fourth-order valence-electron chi connectivity index (χ4n) is 7.11. The Morgan fingerprint density at radius 1 is 0.457 bits per heavy atom. The lowest BCUT2D eigenvalue weighted by Gasteiger charge is -2.39. The lowest BCUT2D eigenvalue weighted by Crippen LogP contribution is -2.32. The Bertz CT molecular complexity index is 2330. The normalized spacial score (nSPS) is 13.1. The minimum Gasteiger partial charge on any atom is -0.457 e. The number of para-hydroxylation sites is 1. The Labute approximate surface area is 266 Å². The van der Waals surface area contributed by atoms with Crippen LogP contribution in [0.25, 0.3) is 45.3 Å². The summed E-state index contributed by atoms with van der Waals surface area (Å²) in [5.74, 6) is 3.15. The molecule has 0 N–H and O–H groups in total. The van der Waals surface area contributed by atoms with Crippen molar-refractivity contribution in [3.05, 3.63) is 173 Å². The van der Waals surface area contributed by atoms with Crippen molar-refractivity contribution in [2.24, 2.45) is 0 Å². The van der Waals surface area contributed by atoms with Gasteiger partial charge in [-0.3, -0.25) is 0 Å². The van der Waals surface area contributed by atoms with E-state index in [1.54, 1.807) is 6.07 Å². The third-order valence-electron chi connectivity index (χ3n) is 9.06. The molecular weight excluding hydrogens is 564 g/mol. The van der Waals surface area contributed by atoms with Crippen LogP contribution >= 0.6 is 0 Å². The van der Waals surface area contributed by atoms with Crippen LogP contribution in [0.15, 0.2) is 146 Å². The van der Waals surface area contributed by atoms with Crippen molar-refractivity contribution in [2.45, 2.75) is 5.41 Å². The molecule has 0 fully saturated rings. The van der Waals surface area contributed by atoms with Gasteiger partial charge in [-0.1, -0.05) is 109 Å². The SMILES string of the molecule is N#Cc1ccccc1-c1nc(-c2ccccc2)nc(-c2ccc3c(c2)C2(c4ccccc4O3)c3ccccc3-c3ccccc32)n1. The molecule has 5 heteroatoms. The standard InChI is InChI=1S/C41H24N4O/c42-25-28-14-4-5-15-29(28)40-44-38(26-12-2-1-3-13-26)43-39(45-40)27-22-23-37-35(24-27)41(34-20-10-11-21-36(34)46-37)32-18-8-6-16-30(32)31-17-7-9-19-33(31)41/h1-24H. The molecule has 2 aliphatic rings. The Hall–Kier alpha value is -6.38. The van der Waals surface area contributed by atoms with Gasteiger partial charge in [-0.05, 0) is 58.7 Å². The summed E-state index contributed by atoms with van der Waals surface area (Å²) in [4.78, 5) is 14.9. The first-order valence-electron chi connectivity index (χ1n) is 15.2. The van der Waals surface area contributed by atoms with E-state index in [9.17, 15) is 5.26 Å². The number of hydrogen-bond acceptors (Lipinski definition) is 5. The van der Waals surface area contributed by atoms with Crippen molar-refractivity contribution in [1.82, 2.24) is 15.0 Å². The molecule has 1 aliphatic carbocycles. The molecule has 1 spiro atoms. The van der Waals surface area contributed by atoms with Gasteiger partial charge in [-0.25, -0.2) is 15.0 Å². The fourth-order valence-corrected chi connectivity index (χ4v) is 7.11. The molecule has 5 nitrogen and oxygen atoms in total. The Kier molecular flexibility index (Phi) is 5.71. The second-order valence-electron chi connectivity index (χ2n) is 11.5. The molecular formula is C41H24N4O. The van der Waals surface area contributed by atoms with Gasteiger partial charge in [0.2, 0.25) is 0 Å². The van der Waals surface area contributed by atoms with Gasteiger partial charge in [0.1, 0.15) is 11.5 Å². The van der Waals surface area contributed by atoms with Gasteiger partial charge >= 0.3 is 0 Å². The zero-order valence-corrected chi connectivity index (χ0v) is 24.6. The van der Waals surface area contributed by atoms with E-state index in [4.69, 9.17) is 19.7 Å². The van der Waals surface area contributed by atoms with E-state index in [0.29, 0.717) is 28.6 Å². The number of ether oxygens (including phenoxy) is 1. The van der Waals surface area contributed by atoms with Crippen LogP contribution in [0.1, 0.15) is 27.8 Å². The number of nitrogens with zero attached hydrogens (tertiary/aromatic N) is 4. The first-order valence-corrected chi connectivity index (χ1v) is 15.2. The minimum absolute atomic E-state index is 0.451. The summed E-state index contributed by atoms with van der Waals surface area (Å²) in [6.07, 6.45) is 0. The maximum atomic E-state index is 9.91. The molecule has 0 atom stereocenters. The highest BCUT2D eigenvalue weighted by Crippen LogP contribution is 2.62. The van der Waals surface area contributed by atoms with Crippen LogP contribution < -0.4 is 4.74 Å². The van der Waals surface area contributed by atoms with Gasteiger partial charge in [-0.2, -0.15) is 5.26 Å². The van der Waals surface area contributed by atoms with Crippen LogP contribution in [0.3, 0.4) is 0 Å². The molecule has 46 heavy (non-hydrogen) atoms. The maximum Gasteiger partial charge on any atom is 0.165 e. The highest BCUT2D eigenvalue weighted by Gasteiger charge is 2.51. The number of aromatic nitrogens is 3. The molecule has 0 unspecified atom stereocenters. The average molecular weight is 589 g/mol. The predicted octanol–water partition coefficient (Wildman–Crippen LogP) is 9.21. The highest BCUT2D eigenvalue weighted by atomic mass is 16.5. The molecule has 1 aromatic heterocycles. The molecule has 0 bridgehead atoms. The van der Waals surface area contributed by atoms with E-state index in [1.807, 2.05) is 66.7 Å². The molecule has 6 aromatic carbocycles. The third-order valence-corrected chi connectivity index (χ3v) is 9.06. The molecule has 9 rings (SSSR count). The Balaban J connectivity index is 1.33. The molecule has 2 heterocycles. The van der Waals surface area contributed by atoms with Gasteiger partial charge in [0.05, 0.1) is 17.0 Å². The van der Waals surface area contributed by atoms with Gasteiger partial charge in [0, 0.05) is 27.8 Å². The van der Waals surface area contributed by atoms with Crippen LogP contribution in [0.5, 0.6) is 11.5 Å². The quantitative estimate of drug-likeness (QED) is 0.206. The summed E-state index contributed by atoms with van der Waals surface area (Å²) in [6, 6.07) is 51.5. The fraction of sp³-hybridized carbons (Fsp3) is 0.0244. The van der Waals surface area contributed by atoms with E-state index in [1.165, 1.54) is 22.3 Å². The largest absolute Gasteiger partial charge is 0.457 e. The van der Waals surface area contributed by atoms with Crippen LogP contribution in [0.2, 0.25) is 0 Å². The maximum absolute atomic E-state index is 9.91. The minimum atomic E-state index is -0.598. The van der Waals surface area contributed by atoms with E-state index in [0.717, 1.165) is 33.8 Å². The van der Waals surface area contributed by atoms with Gasteiger partial charge in [0.15, 0.2) is 17.5 Å². The second-order valence-corrected chi connectivity index (χ2v) is 11.5. The molecule has 7 aromatic rings. The molecule has 1 aliphatic heterocycles. The molecule has 0 saturated carbocycles. The number of rotatable bonds is 3. The third kappa shape index (κ3) is 3.71. The number of benzene rings is 6. The van der Waals surface area contributed by atoms with Gasteiger partial charge in [-0.15, -0.1) is 0 Å². The number of fused-ring (bicyclic) bond motifs is 9. The van der Waals surface area contributed by atoms with Crippen molar-refractivity contribution in [2.75, 3.05) is 0 Å². The average Bonchev–Trinajstić information content (AvgIpc) is 3.42. The van der Waals surface area contributed by atoms with Gasteiger partial charge < -0.3 is 4.74 Å². The smallest absolute Gasteiger partial charge is 0.165 e. The van der Waals surface area contributed by atoms with Gasteiger partial charge in [0.25, 0.3) is 0 Å². The zero-order chi connectivity index (χ0) is 30.7. The molecule has 0 saturated heterocycles. The lowest BCUT2D eigenvalue weighted by molar-refractivity contribution is 0.436. The van der Waals surface area contributed by atoms with Crippen LogP contribution in [0, 0.1) is 11.3 Å². The number of nitriles is 1. The van der Waals surface area contributed by atoms with Crippen molar-refractivity contribution in [3.63, 3.8) is 0 Å². The molecule has 214 valence electrons. The summed E-state index contributed by atoms with van der Waals surface area (Å²) in [5, 5.41) is 9.91. The zero-order valence-electron chi connectivity index (χ0n) is 24.6. The monoisotopic (exact) mass is 588 g/mol. The Morgan fingerprint density at radius 2 is 1.00 bits per heavy atom. The summed E-state index contributed by atoms with van der Waals surface area (Å²) >= 11 is 0. The predicted molar refractivity (Wildman–Crippen MR) is 178 cm³/mol. The first kappa shape index (κ1) is 26.1.